The number of aliphatic hydroxyl groups is 1. The van der Waals surface area contributed by atoms with Crippen molar-refractivity contribution in [1.82, 2.24) is 15.0 Å². The van der Waals surface area contributed by atoms with Gasteiger partial charge >= 0.3 is 0 Å². The van der Waals surface area contributed by atoms with Crippen LogP contribution in [0.25, 0.3) is 22.6 Å². The van der Waals surface area contributed by atoms with Gasteiger partial charge in [0.1, 0.15) is 5.69 Å². The minimum Gasteiger partial charge on any atom is -0.463 e. The smallest absolute Gasteiger partial charge is 0.226 e. The second-order valence-electron chi connectivity index (χ2n) is 6.74. The van der Waals surface area contributed by atoms with Crippen LogP contribution in [0.3, 0.4) is 0 Å². The molecular weight excluding hydrogens is 328 g/mol. The van der Waals surface area contributed by atoms with Crippen molar-refractivity contribution in [2.24, 2.45) is 5.92 Å². The summed E-state index contributed by atoms with van der Waals surface area (Å²) in [6.07, 6.45) is 9.22. The highest BCUT2D eigenvalue weighted by atomic mass is 16.3. The van der Waals surface area contributed by atoms with E-state index < -0.39 is 0 Å². The van der Waals surface area contributed by atoms with Gasteiger partial charge in [-0.2, -0.15) is 0 Å². The van der Waals surface area contributed by atoms with Gasteiger partial charge in [-0.1, -0.05) is 0 Å². The molecule has 0 saturated carbocycles. The molecule has 0 amide bonds. The Kier molecular flexibility index (Phi) is 4.67. The first-order valence-electron chi connectivity index (χ1n) is 8.94. The molecule has 4 heterocycles. The van der Waals surface area contributed by atoms with E-state index in [1.165, 1.54) is 0 Å². The van der Waals surface area contributed by atoms with Crippen LogP contribution < -0.4 is 4.90 Å². The van der Waals surface area contributed by atoms with Crippen molar-refractivity contribution in [2.45, 2.75) is 19.8 Å². The first-order valence-corrected chi connectivity index (χ1v) is 8.94. The number of pyridine rings is 1. The molecule has 1 fully saturated rings. The normalized spacial score (nSPS) is 17.5. The predicted molar refractivity (Wildman–Crippen MR) is 99.7 cm³/mol. The summed E-state index contributed by atoms with van der Waals surface area (Å²) in [6.45, 7) is 3.91. The molecule has 3 aromatic rings. The van der Waals surface area contributed by atoms with Crippen LogP contribution in [0.1, 0.15) is 18.4 Å². The minimum absolute atomic E-state index is 0.204. The van der Waals surface area contributed by atoms with Gasteiger partial charge in [-0.15, -0.1) is 0 Å². The Hall–Kier alpha value is -2.73. The molecule has 1 saturated heterocycles. The molecule has 0 bridgehead atoms. The fourth-order valence-corrected chi connectivity index (χ4v) is 3.49. The SMILES string of the molecule is Cc1cnccc1-c1cnc(N2CCC[C@H](CO)C2)nc1-c1ccco1. The lowest BCUT2D eigenvalue weighted by Crippen LogP contribution is -2.37. The van der Waals surface area contributed by atoms with Crippen LogP contribution in [0.5, 0.6) is 0 Å². The average Bonchev–Trinajstić information content (AvgIpc) is 3.23. The van der Waals surface area contributed by atoms with E-state index in [0.29, 0.717) is 5.95 Å². The number of furan rings is 1. The van der Waals surface area contributed by atoms with Crippen molar-refractivity contribution in [2.75, 3.05) is 24.6 Å². The molecule has 6 heteroatoms. The third kappa shape index (κ3) is 3.20. The number of hydrogen-bond donors (Lipinski definition) is 1. The van der Waals surface area contributed by atoms with Gasteiger partial charge in [0.2, 0.25) is 5.95 Å². The lowest BCUT2D eigenvalue weighted by molar-refractivity contribution is 0.208. The molecule has 0 unspecified atom stereocenters. The van der Waals surface area contributed by atoms with E-state index in [1.807, 2.05) is 37.5 Å². The second-order valence-corrected chi connectivity index (χ2v) is 6.74. The van der Waals surface area contributed by atoms with E-state index >= 15 is 0 Å². The number of aryl methyl sites for hydroxylation is 1. The van der Waals surface area contributed by atoms with Gasteiger partial charge in [0.15, 0.2) is 5.76 Å². The molecule has 3 aromatic heterocycles. The third-order valence-electron chi connectivity index (χ3n) is 4.90. The number of aliphatic hydroxyl groups excluding tert-OH is 1. The Bertz CT molecular complexity index is 879. The predicted octanol–water partition coefficient (Wildman–Crippen LogP) is 3.32. The van der Waals surface area contributed by atoms with Gasteiger partial charge in [0, 0.05) is 43.9 Å². The molecular formula is C20H22N4O2. The van der Waals surface area contributed by atoms with Gasteiger partial charge < -0.3 is 14.4 Å². The Labute approximate surface area is 152 Å². The van der Waals surface area contributed by atoms with E-state index in [1.54, 1.807) is 12.5 Å². The van der Waals surface area contributed by atoms with Crippen molar-refractivity contribution in [3.63, 3.8) is 0 Å². The van der Waals surface area contributed by atoms with Crippen LogP contribution >= 0.6 is 0 Å². The van der Waals surface area contributed by atoms with E-state index in [4.69, 9.17) is 9.40 Å². The van der Waals surface area contributed by atoms with E-state index in [2.05, 4.69) is 14.9 Å². The van der Waals surface area contributed by atoms with Crippen molar-refractivity contribution in [3.05, 3.63) is 48.6 Å². The molecule has 26 heavy (non-hydrogen) atoms. The number of rotatable bonds is 4. The van der Waals surface area contributed by atoms with Crippen LogP contribution in [0, 0.1) is 12.8 Å². The number of piperidine rings is 1. The minimum atomic E-state index is 0.204. The summed E-state index contributed by atoms with van der Waals surface area (Å²) in [7, 11) is 0. The maximum Gasteiger partial charge on any atom is 0.226 e. The number of anilines is 1. The van der Waals surface area contributed by atoms with Gasteiger partial charge in [-0.25, -0.2) is 9.97 Å². The summed E-state index contributed by atoms with van der Waals surface area (Å²) in [5.41, 5.74) is 3.82. The molecule has 1 aliphatic rings. The molecule has 0 spiro atoms. The first kappa shape index (κ1) is 16.7. The zero-order chi connectivity index (χ0) is 17.9. The van der Waals surface area contributed by atoms with E-state index in [0.717, 1.165) is 54.1 Å². The molecule has 134 valence electrons. The topological polar surface area (TPSA) is 75.3 Å². The first-order chi connectivity index (χ1) is 12.8. The molecule has 4 rings (SSSR count). The van der Waals surface area contributed by atoms with E-state index in [-0.39, 0.29) is 12.5 Å². The van der Waals surface area contributed by atoms with Gasteiger partial charge in [0.05, 0.1) is 6.26 Å². The van der Waals surface area contributed by atoms with E-state index in [9.17, 15) is 5.11 Å². The molecule has 1 atom stereocenters. The van der Waals surface area contributed by atoms with Crippen LogP contribution in [-0.2, 0) is 0 Å². The standard InChI is InChI=1S/C20H22N4O2/c1-14-10-21-7-6-16(14)17-11-22-20(23-19(17)18-5-3-9-26-18)24-8-2-4-15(12-24)13-25/h3,5-7,9-11,15,25H,2,4,8,12-13H2,1H3/t15-/m0/s1. The van der Waals surface area contributed by atoms with Crippen LogP contribution in [-0.4, -0.2) is 39.8 Å². The van der Waals surface area contributed by atoms with Gasteiger partial charge in [-0.3, -0.25) is 4.98 Å². The molecule has 6 nitrogen and oxygen atoms in total. The maximum absolute atomic E-state index is 9.50. The Morgan fingerprint density at radius 2 is 2.19 bits per heavy atom. The van der Waals surface area contributed by atoms with Crippen molar-refractivity contribution in [1.29, 1.82) is 0 Å². The van der Waals surface area contributed by atoms with Crippen LogP contribution in [0.15, 0.2) is 47.5 Å². The molecule has 1 N–H and O–H groups in total. The lowest BCUT2D eigenvalue weighted by atomic mass is 9.99. The van der Waals surface area contributed by atoms with Crippen molar-refractivity contribution < 1.29 is 9.52 Å². The zero-order valence-corrected chi connectivity index (χ0v) is 14.8. The van der Waals surface area contributed by atoms with Crippen molar-refractivity contribution >= 4 is 5.95 Å². The summed E-state index contributed by atoms with van der Waals surface area (Å²) in [5.74, 6) is 1.68. The van der Waals surface area contributed by atoms with Gasteiger partial charge in [0.25, 0.3) is 0 Å². The molecule has 1 aliphatic heterocycles. The fourth-order valence-electron chi connectivity index (χ4n) is 3.49. The lowest BCUT2D eigenvalue weighted by Gasteiger charge is -2.32. The summed E-state index contributed by atoms with van der Waals surface area (Å²) in [4.78, 5) is 15.8. The summed E-state index contributed by atoms with van der Waals surface area (Å²) < 4.78 is 5.64. The Morgan fingerprint density at radius 1 is 1.27 bits per heavy atom. The highest BCUT2D eigenvalue weighted by Gasteiger charge is 2.23. The maximum atomic E-state index is 9.50. The largest absolute Gasteiger partial charge is 0.463 e. The summed E-state index contributed by atoms with van der Waals surface area (Å²) >= 11 is 0. The highest BCUT2D eigenvalue weighted by Crippen LogP contribution is 2.33. The van der Waals surface area contributed by atoms with Crippen LogP contribution in [0.4, 0.5) is 5.95 Å². The summed E-state index contributed by atoms with van der Waals surface area (Å²) in [6, 6.07) is 5.75. The highest BCUT2D eigenvalue weighted by molar-refractivity contribution is 5.80. The number of hydrogen-bond acceptors (Lipinski definition) is 6. The Balaban J connectivity index is 1.78. The average molecular weight is 350 g/mol. The Morgan fingerprint density at radius 3 is 2.96 bits per heavy atom. The second kappa shape index (κ2) is 7.25. The molecule has 0 aliphatic carbocycles. The quantitative estimate of drug-likeness (QED) is 0.778. The monoisotopic (exact) mass is 350 g/mol. The zero-order valence-electron chi connectivity index (χ0n) is 14.8. The number of nitrogens with zero attached hydrogens (tertiary/aromatic N) is 4. The molecule has 0 radical (unpaired) electrons. The van der Waals surface area contributed by atoms with Crippen molar-refractivity contribution in [3.8, 4) is 22.6 Å². The third-order valence-corrected chi connectivity index (χ3v) is 4.90. The molecule has 0 aromatic carbocycles. The fraction of sp³-hybridized carbons (Fsp3) is 0.350. The van der Waals surface area contributed by atoms with Crippen LogP contribution in [0.2, 0.25) is 0 Å². The van der Waals surface area contributed by atoms with Gasteiger partial charge in [-0.05, 0) is 55.0 Å². The number of aromatic nitrogens is 3. The summed E-state index contributed by atoms with van der Waals surface area (Å²) in [5, 5.41) is 9.50.